The summed E-state index contributed by atoms with van der Waals surface area (Å²) in [6.45, 7) is 4.79. The third kappa shape index (κ3) is 2.92. The fourth-order valence-corrected chi connectivity index (χ4v) is 3.24. The van der Waals surface area contributed by atoms with Gasteiger partial charge < -0.3 is 14.6 Å². The number of imidazole rings is 1. The number of nitriles is 1. The first-order chi connectivity index (χ1) is 11.0. The van der Waals surface area contributed by atoms with Gasteiger partial charge in [-0.3, -0.25) is 0 Å². The Morgan fingerprint density at radius 2 is 2.22 bits per heavy atom. The molecule has 1 fully saturated rings. The number of rotatable bonds is 3. The molecule has 0 amide bonds. The summed E-state index contributed by atoms with van der Waals surface area (Å²) in [6, 6.07) is 7.73. The summed E-state index contributed by atoms with van der Waals surface area (Å²) in [5, 5.41) is 9.50. The van der Waals surface area contributed by atoms with Crippen LogP contribution in [-0.4, -0.2) is 29.7 Å². The Balaban J connectivity index is 1.97. The fraction of sp³-hybridized carbons (Fsp3) is 0.412. The monoisotopic (exact) mass is 330 g/mol. The second-order valence-electron chi connectivity index (χ2n) is 5.87. The molecule has 0 saturated carbocycles. The van der Waals surface area contributed by atoms with E-state index in [2.05, 4.69) is 20.9 Å². The molecule has 5 nitrogen and oxygen atoms in total. The van der Waals surface area contributed by atoms with Crippen molar-refractivity contribution in [2.45, 2.75) is 32.4 Å². The summed E-state index contributed by atoms with van der Waals surface area (Å²) in [5.41, 5.74) is 3.56. The second-order valence-corrected chi connectivity index (χ2v) is 6.28. The smallest absolute Gasteiger partial charge is 0.129 e. The van der Waals surface area contributed by atoms with E-state index in [0.717, 1.165) is 35.9 Å². The van der Waals surface area contributed by atoms with Gasteiger partial charge >= 0.3 is 0 Å². The van der Waals surface area contributed by atoms with Gasteiger partial charge in [-0.05, 0) is 32.0 Å². The summed E-state index contributed by atoms with van der Waals surface area (Å²) >= 11 is 6.20. The number of aromatic nitrogens is 2. The average molecular weight is 331 g/mol. The van der Waals surface area contributed by atoms with Crippen molar-refractivity contribution in [3.63, 3.8) is 0 Å². The van der Waals surface area contributed by atoms with Gasteiger partial charge in [-0.25, -0.2) is 4.98 Å². The Labute approximate surface area is 140 Å². The zero-order valence-corrected chi connectivity index (χ0v) is 14.2. The highest BCUT2D eigenvalue weighted by atomic mass is 35.5. The minimum absolute atomic E-state index is 0.108. The first kappa shape index (κ1) is 15.9. The second kappa shape index (κ2) is 6.23. The van der Waals surface area contributed by atoms with Crippen LogP contribution in [0.1, 0.15) is 35.2 Å². The minimum Gasteiger partial charge on any atom is -0.380 e. The highest BCUT2D eigenvalue weighted by Crippen LogP contribution is 2.37. The highest BCUT2D eigenvalue weighted by molar-refractivity contribution is 6.32. The molecule has 3 rings (SSSR count). The number of nitrogens with one attached hydrogen (secondary N) is 1. The predicted octanol–water partition coefficient (Wildman–Crippen LogP) is 3.52. The average Bonchev–Trinajstić information content (AvgIpc) is 3.11. The van der Waals surface area contributed by atoms with Crippen LogP contribution in [0.15, 0.2) is 18.2 Å². The summed E-state index contributed by atoms with van der Waals surface area (Å²) < 4.78 is 5.56. The van der Waals surface area contributed by atoms with E-state index in [-0.39, 0.29) is 12.1 Å². The van der Waals surface area contributed by atoms with Gasteiger partial charge in [0.1, 0.15) is 11.9 Å². The van der Waals surface area contributed by atoms with Crippen molar-refractivity contribution in [1.82, 2.24) is 9.97 Å². The molecule has 0 spiro atoms. The normalized spacial score (nSPS) is 20.7. The number of aryl methyl sites for hydroxylation is 2. The van der Waals surface area contributed by atoms with Crippen LogP contribution in [0.4, 0.5) is 5.69 Å². The van der Waals surface area contributed by atoms with E-state index in [1.165, 1.54) is 0 Å². The molecule has 120 valence electrons. The van der Waals surface area contributed by atoms with Crippen molar-refractivity contribution >= 4 is 17.3 Å². The van der Waals surface area contributed by atoms with E-state index in [1.54, 1.807) is 13.2 Å². The lowest BCUT2D eigenvalue weighted by molar-refractivity contribution is 0.118. The number of H-pyrrole nitrogens is 1. The number of hydrogen-bond acceptors (Lipinski definition) is 4. The van der Waals surface area contributed by atoms with Gasteiger partial charge in [0.2, 0.25) is 0 Å². The molecule has 1 aliphatic rings. The molecule has 2 heterocycles. The summed E-state index contributed by atoms with van der Waals surface area (Å²) in [4.78, 5) is 10.3. The largest absolute Gasteiger partial charge is 0.380 e. The Kier molecular flexibility index (Phi) is 4.29. The lowest BCUT2D eigenvalue weighted by Gasteiger charge is -2.25. The number of halogens is 1. The summed E-state index contributed by atoms with van der Waals surface area (Å²) in [6.07, 6.45) is 1.00. The van der Waals surface area contributed by atoms with Gasteiger partial charge in [-0.1, -0.05) is 11.6 Å². The molecular formula is C17H19ClN4O. The molecule has 0 unspecified atom stereocenters. The molecule has 0 aliphatic carbocycles. The molecule has 0 bridgehead atoms. The number of aromatic amines is 1. The van der Waals surface area contributed by atoms with Crippen LogP contribution in [0.3, 0.4) is 0 Å². The first-order valence-corrected chi connectivity index (χ1v) is 7.93. The van der Waals surface area contributed by atoms with Gasteiger partial charge in [-0.2, -0.15) is 5.26 Å². The molecule has 1 N–H and O–H groups in total. The molecule has 23 heavy (non-hydrogen) atoms. The SMILES string of the molecule is CO[C@@H]1C[C@@H](c2nc(C)c(C)[nH]2)N(c2ccc(C#N)c(Cl)c2)C1. The van der Waals surface area contributed by atoms with Gasteiger partial charge in [0.05, 0.1) is 28.4 Å². The molecule has 2 atom stereocenters. The van der Waals surface area contributed by atoms with Crippen LogP contribution in [0.2, 0.25) is 5.02 Å². The van der Waals surface area contributed by atoms with Crippen molar-refractivity contribution in [2.24, 2.45) is 0 Å². The van der Waals surface area contributed by atoms with E-state index in [0.29, 0.717) is 10.6 Å². The topological polar surface area (TPSA) is 64.9 Å². The van der Waals surface area contributed by atoms with Gasteiger partial charge in [0, 0.05) is 31.5 Å². The quantitative estimate of drug-likeness (QED) is 0.935. The molecule has 1 saturated heterocycles. The number of benzene rings is 1. The van der Waals surface area contributed by atoms with Crippen molar-refractivity contribution in [3.8, 4) is 6.07 Å². The molecule has 0 radical (unpaired) electrons. The van der Waals surface area contributed by atoms with Gasteiger partial charge in [0.25, 0.3) is 0 Å². The van der Waals surface area contributed by atoms with Gasteiger partial charge in [-0.15, -0.1) is 0 Å². The number of anilines is 1. The fourth-order valence-electron chi connectivity index (χ4n) is 3.02. The maximum atomic E-state index is 9.04. The van der Waals surface area contributed by atoms with Crippen molar-refractivity contribution in [1.29, 1.82) is 5.26 Å². The van der Waals surface area contributed by atoms with Crippen LogP contribution in [0.25, 0.3) is 0 Å². The van der Waals surface area contributed by atoms with E-state index in [9.17, 15) is 0 Å². The third-order valence-corrected chi connectivity index (χ3v) is 4.78. The Morgan fingerprint density at radius 1 is 1.43 bits per heavy atom. The van der Waals surface area contributed by atoms with E-state index >= 15 is 0 Å². The lowest BCUT2D eigenvalue weighted by atomic mass is 10.1. The van der Waals surface area contributed by atoms with Crippen molar-refractivity contribution in [2.75, 3.05) is 18.6 Å². The van der Waals surface area contributed by atoms with Crippen LogP contribution >= 0.6 is 11.6 Å². The number of methoxy groups -OCH3 is 1. The van der Waals surface area contributed by atoms with Crippen LogP contribution in [-0.2, 0) is 4.74 Å². The summed E-state index contributed by atoms with van der Waals surface area (Å²) in [7, 11) is 1.73. The zero-order valence-electron chi connectivity index (χ0n) is 13.4. The van der Waals surface area contributed by atoms with E-state index < -0.39 is 0 Å². The Morgan fingerprint density at radius 3 is 2.78 bits per heavy atom. The lowest BCUT2D eigenvalue weighted by Crippen LogP contribution is -2.25. The standard InChI is InChI=1S/C17H19ClN4O/c1-10-11(2)21-17(20-10)16-7-14(23-3)9-22(16)13-5-4-12(8-19)15(18)6-13/h4-6,14,16H,7,9H2,1-3H3,(H,20,21)/t14-,16+/m1/s1. The van der Waals surface area contributed by atoms with Crippen molar-refractivity contribution < 1.29 is 4.74 Å². The third-order valence-electron chi connectivity index (χ3n) is 4.46. The maximum Gasteiger partial charge on any atom is 0.129 e. The molecule has 1 aromatic carbocycles. The molecule has 1 aromatic heterocycles. The van der Waals surface area contributed by atoms with E-state index in [4.69, 9.17) is 21.6 Å². The molecule has 6 heteroatoms. The first-order valence-electron chi connectivity index (χ1n) is 7.55. The minimum atomic E-state index is 0.108. The van der Waals surface area contributed by atoms with Crippen LogP contribution in [0, 0.1) is 25.2 Å². The van der Waals surface area contributed by atoms with Gasteiger partial charge in [0.15, 0.2) is 0 Å². The number of hydrogen-bond donors (Lipinski definition) is 1. The molecule has 1 aliphatic heterocycles. The van der Waals surface area contributed by atoms with Crippen molar-refractivity contribution in [3.05, 3.63) is 46.0 Å². The van der Waals surface area contributed by atoms with Crippen LogP contribution in [0.5, 0.6) is 0 Å². The number of nitrogens with zero attached hydrogens (tertiary/aromatic N) is 3. The predicted molar refractivity (Wildman–Crippen MR) is 89.7 cm³/mol. The van der Waals surface area contributed by atoms with Crippen LogP contribution < -0.4 is 4.90 Å². The van der Waals surface area contributed by atoms with E-state index in [1.807, 2.05) is 26.0 Å². The maximum absolute atomic E-state index is 9.04. The molecule has 2 aromatic rings. The zero-order chi connectivity index (χ0) is 16.6. The molecular weight excluding hydrogens is 312 g/mol. The summed E-state index contributed by atoms with van der Waals surface area (Å²) in [5.74, 6) is 0.944. The Hall–Kier alpha value is -2.03. The Bertz CT molecular complexity index is 745. The highest BCUT2D eigenvalue weighted by Gasteiger charge is 2.35. The number of ether oxygens (including phenoxy) is 1.